The molecule has 2 aromatic heterocycles. The van der Waals surface area contributed by atoms with Crippen molar-refractivity contribution in [3.63, 3.8) is 0 Å². The predicted octanol–water partition coefficient (Wildman–Crippen LogP) is 3.28. The van der Waals surface area contributed by atoms with Crippen LogP contribution in [0.3, 0.4) is 0 Å². The van der Waals surface area contributed by atoms with Gasteiger partial charge in [-0.1, -0.05) is 18.2 Å². The summed E-state index contributed by atoms with van der Waals surface area (Å²) in [6, 6.07) is 10.2. The fourth-order valence-corrected chi connectivity index (χ4v) is 4.62. The van der Waals surface area contributed by atoms with Gasteiger partial charge in [-0.25, -0.2) is 0 Å². The summed E-state index contributed by atoms with van der Waals surface area (Å²) in [6.45, 7) is 2.03. The van der Waals surface area contributed by atoms with Crippen LogP contribution in [0.25, 0.3) is 10.9 Å². The topological polar surface area (TPSA) is 67.4 Å². The lowest BCUT2D eigenvalue weighted by atomic mass is 9.83. The summed E-state index contributed by atoms with van der Waals surface area (Å²) in [5.74, 6) is 0.501. The molecule has 3 aromatic rings. The molecule has 144 valence electrons. The number of carbonyl (C=O) groups excluding carboxylic acids is 1. The van der Waals surface area contributed by atoms with Crippen molar-refractivity contribution >= 4 is 16.8 Å². The first-order valence-electron chi connectivity index (χ1n) is 9.73. The van der Waals surface area contributed by atoms with E-state index in [4.69, 9.17) is 9.47 Å². The minimum atomic E-state index is -0.328. The molecule has 0 aliphatic carbocycles. The summed E-state index contributed by atoms with van der Waals surface area (Å²) in [7, 11) is 1.56. The number of fused-ring (bicyclic) bond motifs is 4. The van der Waals surface area contributed by atoms with Gasteiger partial charge in [-0.2, -0.15) is 0 Å². The van der Waals surface area contributed by atoms with E-state index in [0.29, 0.717) is 24.4 Å². The van der Waals surface area contributed by atoms with E-state index in [1.807, 2.05) is 4.90 Å². The molecule has 1 saturated heterocycles. The Labute approximate surface area is 163 Å². The second-order valence-electron chi connectivity index (χ2n) is 7.49. The number of benzene rings is 1. The molecule has 2 aliphatic rings. The Hall–Kier alpha value is -2.86. The molecule has 0 radical (unpaired) electrons. The Morgan fingerprint density at radius 3 is 2.89 bits per heavy atom. The van der Waals surface area contributed by atoms with Crippen LogP contribution >= 0.6 is 0 Å². The van der Waals surface area contributed by atoms with E-state index < -0.39 is 0 Å². The van der Waals surface area contributed by atoms with Crippen molar-refractivity contribution < 1.29 is 14.3 Å². The van der Waals surface area contributed by atoms with Gasteiger partial charge in [0.15, 0.2) is 0 Å². The highest BCUT2D eigenvalue weighted by atomic mass is 16.5. The van der Waals surface area contributed by atoms with Crippen LogP contribution in [0.1, 0.15) is 34.5 Å². The monoisotopic (exact) mass is 377 g/mol. The molecule has 1 amide bonds. The van der Waals surface area contributed by atoms with Crippen molar-refractivity contribution in [1.29, 1.82) is 0 Å². The third-order valence-electron chi connectivity index (χ3n) is 6.09. The molecule has 4 heterocycles. The quantitative estimate of drug-likeness (QED) is 0.744. The Kier molecular flexibility index (Phi) is 4.09. The summed E-state index contributed by atoms with van der Waals surface area (Å²) < 4.78 is 11.6. The highest BCUT2D eigenvalue weighted by Gasteiger charge is 2.43. The molecule has 1 N–H and O–H groups in total. The van der Waals surface area contributed by atoms with E-state index in [1.54, 1.807) is 25.6 Å². The van der Waals surface area contributed by atoms with Gasteiger partial charge in [0.25, 0.3) is 5.91 Å². The van der Waals surface area contributed by atoms with Crippen molar-refractivity contribution in [3.05, 3.63) is 59.5 Å². The second-order valence-corrected chi connectivity index (χ2v) is 7.49. The van der Waals surface area contributed by atoms with Gasteiger partial charge in [0.05, 0.1) is 31.2 Å². The standard InChI is InChI=1S/C22H23N3O3/c1-27-19-14-23-10-6-17(19)21(26)25-11-8-22(9-12-25)20-16(7-13-28-22)15-4-2-3-5-18(15)24-20/h2-6,10,14,24H,7-9,11-13H2,1H3. The van der Waals surface area contributed by atoms with Gasteiger partial charge in [-0.3, -0.25) is 9.78 Å². The highest BCUT2D eigenvalue weighted by Crippen LogP contribution is 2.43. The van der Waals surface area contributed by atoms with Crippen LogP contribution in [0, 0.1) is 0 Å². The van der Waals surface area contributed by atoms with Crippen LogP contribution in [-0.2, 0) is 16.8 Å². The number of nitrogens with one attached hydrogen (secondary N) is 1. The van der Waals surface area contributed by atoms with Crippen LogP contribution in [0.4, 0.5) is 0 Å². The fraction of sp³-hybridized carbons (Fsp3) is 0.364. The lowest BCUT2D eigenvalue weighted by Gasteiger charge is -2.43. The smallest absolute Gasteiger partial charge is 0.257 e. The number of nitrogens with zero attached hydrogens (tertiary/aromatic N) is 2. The third-order valence-corrected chi connectivity index (χ3v) is 6.09. The second kappa shape index (κ2) is 6.63. The number of aromatic nitrogens is 2. The van der Waals surface area contributed by atoms with Crippen LogP contribution < -0.4 is 4.74 Å². The first-order valence-corrected chi connectivity index (χ1v) is 9.73. The number of pyridine rings is 1. The number of likely N-dealkylation sites (tertiary alicyclic amines) is 1. The van der Waals surface area contributed by atoms with E-state index in [9.17, 15) is 4.79 Å². The minimum Gasteiger partial charge on any atom is -0.494 e. The summed E-state index contributed by atoms with van der Waals surface area (Å²) in [5.41, 5.74) is 3.97. The van der Waals surface area contributed by atoms with Crippen molar-refractivity contribution in [2.45, 2.75) is 24.9 Å². The molecule has 1 fully saturated rings. The van der Waals surface area contributed by atoms with Gasteiger partial charge in [-0.05, 0) is 37.0 Å². The maximum Gasteiger partial charge on any atom is 0.257 e. The third kappa shape index (κ3) is 2.59. The minimum absolute atomic E-state index is 0.0122. The number of carbonyl (C=O) groups is 1. The Bertz CT molecular complexity index is 1030. The number of amides is 1. The fourth-order valence-electron chi connectivity index (χ4n) is 4.62. The molecule has 6 heteroatoms. The van der Waals surface area contributed by atoms with Gasteiger partial charge < -0.3 is 19.4 Å². The molecule has 0 unspecified atom stereocenters. The summed E-state index contributed by atoms with van der Waals surface area (Å²) in [6.07, 6.45) is 5.71. The zero-order valence-electron chi connectivity index (χ0n) is 15.9. The van der Waals surface area contributed by atoms with Crippen LogP contribution in [0.2, 0.25) is 0 Å². The molecule has 5 rings (SSSR count). The predicted molar refractivity (Wildman–Crippen MR) is 106 cm³/mol. The van der Waals surface area contributed by atoms with Crippen molar-refractivity contribution in [2.75, 3.05) is 26.8 Å². The van der Waals surface area contributed by atoms with Gasteiger partial charge in [-0.15, -0.1) is 0 Å². The first kappa shape index (κ1) is 17.3. The van der Waals surface area contributed by atoms with Gasteiger partial charge in [0.1, 0.15) is 11.4 Å². The molecule has 0 saturated carbocycles. The molecule has 28 heavy (non-hydrogen) atoms. The molecular formula is C22H23N3O3. The number of aromatic amines is 1. The summed E-state index contributed by atoms with van der Waals surface area (Å²) >= 11 is 0. The highest BCUT2D eigenvalue weighted by molar-refractivity contribution is 5.96. The van der Waals surface area contributed by atoms with Gasteiger partial charge in [0, 0.05) is 30.2 Å². The maximum atomic E-state index is 13.0. The Morgan fingerprint density at radius 1 is 1.25 bits per heavy atom. The number of methoxy groups -OCH3 is 1. The number of rotatable bonds is 2. The normalized spacial score (nSPS) is 18.2. The molecule has 0 atom stereocenters. The molecule has 1 aromatic carbocycles. The number of ether oxygens (including phenoxy) is 2. The van der Waals surface area contributed by atoms with E-state index in [-0.39, 0.29) is 11.5 Å². The maximum absolute atomic E-state index is 13.0. The first-order chi connectivity index (χ1) is 13.7. The molecule has 0 bridgehead atoms. The van der Waals surface area contributed by atoms with Crippen LogP contribution in [0.15, 0.2) is 42.7 Å². The van der Waals surface area contributed by atoms with Crippen molar-refractivity contribution in [1.82, 2.24) is 14.9 Å². The number of piperidine rings is 1. The largest absolute Gasteiger partial charge is 0.494 e. The average molecular weight is 377 g/mol. The Morgan fingerprint density at radius 2 is 2.07 bits per heavy atom. The number of para-hydroxylation sites is 1. The molecule has 2 aliphatic heterocycles. The van der Waals surface area contributed by atoms with E-state index in [0.717, 1.165) is 31.4 Å². The van der Waals surface area contributed by atoms with E-state index in [2.05, 4.69) is 34.2 Å². The number of hydrogen-bond donors (Lipinski definition) is 1. The van der Waals surface area contributed by atoms with Gasteiger partial charge >= 0.3 is 0 Å². The lowest BCUT2D eigenvalue weighted by molar-refractivity contribution is -0.0957. The van der Waals surface area contributed by atoms with Crippen LogP contribution in [-0.4, -0.2) is 47.6 Å². The van der Waals surface area contributed by atoms with Crippen LogP contribution in [0.5, 0.6) is 5.75 Å². The SMILES string of the molecule is COc1cnccc1C(=O)N1CCC2(CC1)OCCc1c2[nH]c2ccccc12. The summed E-state index contributed by atoms with van der Waals surface area (Å²) in [4.78, 5) is 22.6. The number of H-pyrrole nitrogens is 1. The Balaban J connectivity index is 1.41. The molecular weight excluding hydrogens is 354 g/mol. The van der Waals surface area contributed by atoms with E-state index in [1.165, 1.54) is 16.6 Å². The van der Waals surface area contributed by atoms with Gasteiger partial charge in [0.2, 0.25) is 0 Å². The lowest BCUT2D eigenvalue weighted by Crippen LogP contribution is -2.48. The average Bonchev–Trinajstić information content (AvgIpc) is 3.14. The zero-order chi connectivity index (χ0) is 19.1. The number of hydrogen-bond acceptors (Lipinski definition) is 4. The molecule has 6 nitrogen and oxygen atoms in total. The molecule has 1 spiro atoms. The zero-order valence-corrected chi connectivity index (χ0v) is 15.9. The van der Waals surface area contributed by atoms with Crippen molar-refractivity contribution in [2.24, 2.45) is 0 Å². The van der Waals surface area contributed by atoms with Crippen molar-refractivity contribution in [3.8, 4) is 5.75 Å². The van der Waals surface area contributed by atoms with E-state index >= 15 is 0 Å². The summed E-state index contributed by atoms with van der Waals surface area (Å²) in [5, 5.41) is 1.29.